The number of hydrogen-bond donors (Lipinski definition) is 1. The van der Waals surface area contributed by atoms with Gasteiger partial charge in [-0.15, -0.1) is 0 Å². The Morgan fingerprint density at radius 1 is 1.19 bits per heavy atom. The third-order valence-corrected chi connectivity index (χ3v) is 4.73. The van der Waals surface area contributed by atoms with Crippen LogP contribution in [0.2, 0.25) is 5.02 Å². The van der Waals surface area contributed by atoms with Gasteiger partial charge in [0.1, 0.15) is 11.6 Å². The summed E-state index contributed by atoms with van der Waals surface area (Å²) in [5.41, 5.74) is 0.864. The molecule has 1 N–H and O–H groups in total. The first-order valence-electron chi connectivity index (χ1n) is 8.76. The molecule has 3 rings (SSSR count). The van der Waals surface area contributed by atoms with Crippen LogP contribution in [-0.2, 0) is 11.3 Å². The number of nitrogens with zero attached hydrogens (tertiary/aromatic N) is 1. The lowest BCUT2D eigenvalue weighted by Gasteiger charge is -2.37. The molecule has 1 saturated heterocycles. The van der Waals surface area contributed by atoms with Gasteiger partial charge >= 0.3 is 0 Å². The summed E-state index contributed by atoms with van der Waals surface area (Å²) in [5, 5.41) is 2.61. The van der Waals surface area contributed by atoms with Gasteiger partial charge in [-0.05, 0) is 43.7 Å². The number of rotatable bonds is 4. The molecule has 1 heterocycles. The maximum Gasteiger partial charge on any atom is 0.256 e. The molecular weight excluding hydrogens is 374 g/mol. The number of carbonyl (C=O) groups is 1. The van der Waals surface area contributed by atoms with Crippen molar-refractivity contribution in [2.24, 2.45) is 0 Å². The van der Waals surface area contributed by atoms with E-state index < -0.39 is 11.7 Å². The quantitative estimate of drug-likeness (QED) is 0.846. The first-order valence-corrected chi connectivity index (χ1v) is 9.14. The third kappa shape index (κ3) is 4.57. The Kier molecular flexibility index (Phi) is 5.97. The molecule has 0 bridgehead atoms. The first kappa shape index (κ1) is 19.6. The van der Waals surface area contributed by atoms with Gasteiger partial charge in [0, 0.05) is 19.6 Å². The van der Waals surface area contributed by atoms with Crippen molar-refractivity contribution in [3.05, 3.63) is 64.2 Å². The number of carbonyl (C=O) groups excluding carboxylic acids is 1. The number of halogens is 3. The Hall–Kier alpha value is -2.18. The van der Waals surface area contributed by atoms with Crippen LogP contribution in [0.5, 0.6) is 0 Å². The van der Waals surface area contributed by atoms with Crippen LogP contribution >= 0.6 is 11.6 Å². The highest BCUT2D eigenvalue weighted by molar-refractivity contribution is 6.33. The molecule has 0 aliphatic carbocycles. The zero-order valence-electron chi connectivity index (χ0n) is 15.1. The summed E-state index contributed by atoms with van der Waals surface area (Å²) >= 11 is 5.89. The van der Waals surface area contributed by atoms with Gasteiger partial charge in [-0.2, -0.15) is 0 Å². The summed E-state index contributed by atoms with van der Waals surface area (Å²) in [4.78, 5) is 14.1. The number of ether oxygens (including phenoxy) is 1. The summed E-state index contributed by atoms with van der Waals surface area (Å²) in [6, 6.07) is 8.85. The molecule has 2 unspecified atom stereocenters. The molecule has 2 aromatic rings. The number of benzene rings is 2. The van der Waals surface area contributed by atoms with Gasteiger partial charge < -0.3 is 15.0 Å². The van der Waals surface area contributed by atoms with Crippen LogP contribution < -0.4 is 10.2 Å². The maximum absolute atomic E-state index is 14.6. The fourth-order valence-corrected chi connectivity index (χ4v) is 3.53. The number of hydrogen-bond acceptors (Lipinski definition) is 3. The third-order valence-electron chi connectivity index (χ3n) is 4.42. The zero-order chi connectivity index (χ0) is 19.6. The average Bonchev–Trinajstić information content (AvgIpc) is 2.59. The van der Waals surface area contributed by atoms with Gasteiger partial charge in [-0.3, -0.25) is 4.79 Å². The molecule has 2 aromatic carbocycles. The second-order valence-electron chi connectivity index (χ2n) is 6.73. The van der Waals surface area contributed by atoms with Crippen LogP contribution in [0.25, 0.3) is 0 Å². The molecule has 2 atom stereocenters. The summed E-state index contributed by atoms with van der Waals surface area (Å²) < 4.78 is 34.1. The molecule has 4 nitrogen and oxygen atoms in total. The van der Waals surface area contributed by atoms with E-state index in [1.165, 1.54) is 24.3 Å². The van der Waals surface area contributed by atoms with Gasteiger partial charge in [-0.1, -0.05) is 23.7 Å². The van der Waals surface area contributed by atoms with Crippen molar-refractivity contribution < 1.29 is 18.3 Å². The minimum atomic E-state index is -0.697. The van der Waals surface area contributed by atoms with Crippen LogP contribution in [-0.4, -0.2) is 31.2 Å². The van der Waals surface area contributed by atoms with Crippen molar-refractivity contribution in [2.75, 3.05) is 18.0 Å². The molecule has 7 heteroatoms. The Balaban J connectivity index is 1.68. The summed E-state index contributed by atoms with van der Waals surface area (Å²) in [5.74, 6) is -1.71. The first-order chi connectivity index (χ1) is 12.8. The predicted octanol–water partition coefficient (Wildman–Crippen LogP) is 4.16. The lowest BCUT2D eigenvalue weighted by molar-refractivity contribution is -0.00539. The van der Waals surface area contributed by atoms with Gasteiger partial charge in [0.2, 0.25) is 0 Å². The van der Waals surface area contributed by atoms with E-state index in [1.807, 2.05) is 18.7 Å². The van der Waals surface area contributed by atoms with E-state index in [0.717, 1.165) is 0 Å². The second-order valence-corrected chi connectivity index (χ2v) is 7.13. The molecule has 0 spiro atoms. The predicted molar refractivity (Wildman–Crippen MR) is 101 cm³/mol. The van der Waals surface area contributed by atoms with E-state index in [4.69, 9.17) is 16.3 Å². The van der Waals surface area contributed by atoms with Crippen molar-refractivity contribution in [2.45, 2.75) is 32.6 Å². The standard InChI is InChI=1S/C20H21ClF2N2O2/c1-12-10-25(11-13(2)27-12)18-7-6-14(8-17(18)23)9-24-20(26)19-15(21)4-3-5-16(19)22/h3-8,12-13H,9-11H2,1-2H3,(H,24,26). The van der Waals surface area contributed by atoms with Crippen molar-refractivity contribution in [3.8, 4) is 0 Å². The molecule has 144 valence electrons. The van der Waals surface area contributed by atoms with Gasteiger partial charge in [-0.25, -0.2) is 8.78 Å². The molecule has 1 aliphatic rings. The Morgan fingerprint density at radius 2 is 1.89 bits per heavy atom. The van der Waals surface area contributed by atoms with E-state index in [9.17, 15) is 13.6 Å². The van der Waals surface area contributed by atoms with Crippen molar-refractivity contribution in [1.29, 1.82) is 0 Å². The van der Waals surface area contributed by atoms with Crippen LogP contribution in [0.3, 0.4) is 0 Å². The Labute approximate surface area is 162 Å². The fourth-order valence-electron chi connectivity index (χ4n) is 3.28. The molecule has 27 heavy (non-hydrogen) atoms. The number of nitrogens with one attached hydrogen (secondary N) is 1. The Morgan fingerprint density at radius 3 is 2.52 bits per heavy atom. The maximum atomic E-state index is 14.6. The molecule has 1 amide bonds. The monoisotopic (exact) mass is 394 g/mol. The molecule has 1 fully saturated rings. The number of amides is 1. The summed E-state index contributed by atoms with van der Waals surface area (Å²) in [7, 11) is 0. The van der Waals surface area contributed by atoms with Crippen LogP contribution in [0, 0.1) is 11.6 Å². The van der Waals surface area contributed by atoms with Crippen LogP contribution in [0.4, 0.5) is 14.5 Å². The van der Waals surface area contributed by atoms with E-state index in [2.05, 4.69) is 5.32 Å². The van der Waals surface area contributed by atoms with E-state index in [0.29, 0.717) is 24.3 Å². The average molecular weight is 395 g/mol. The van der Waals surface area contributed by atoms with E-state index in [1.54, 1.807) is 12.1 Å². The SMILES string of the molecule is CC1CN(c2ccc(CNC(=O)c3c(F)cccc3Cl)cc2F)CC(C)O1. The molecule has 0 aromatic heterocycles. The molecule has 0 radical (unpaired) electrons. The van der Waals surface area contributed by atoms with Crippen molar-refractivity contribution in [3.63, 3.8) is 0 Å². The summed E-state index contributed by atoms with van der Waals surface area (Å²) in [6.45, 7) is 5.21. The largest absolute Gasteiger partial charge is 0.372 e. The van der Waals surface area contributed by atoms with Crippen molar-refractivity contribution >= 4 is 23.2 Å². The highest BCUT2D eigenvalue weighted by Gasteiger charge is 2.24. The number of anilines is 1. The minimum absolute atomic E-state index is 0.0256. The molecular formula is C20H21ClF2N2O2. The lowest BCUT2D eigenvalue weighted by Crippen LogP contribution is -2.45. The topological polar surface area (TPSA) is 41.6 Å². The van der Waals surface area contributed by atoms with E-state index >= 15 is 0 Å². The highest BCUT2D eigenvalue weighted by atomic mass is 35.5. The number of morpholine rings is 1. The second kappa shape index (κ2) is 8.23. The highest BCUT2D eigenvalue weighted by Crippen LogP contribution is 2.25. The fraction of sp³-hybridized carbons (Fsp3) is 0.350. The summed E-state index contributed by atoms with van der Waals surface area (Å²) in [6.07, 6.45) is 0.0512. The van der Waals surface area contributed by atoms with E-state index in [-0.39, 0.29) is 35.2 Å². The Bertz CT molecular complexity index is 816. The van der Waals surface area contributed by atoms with Crippen LogP contribution in [0.15, 0.2) is 36.4 Å². The van der Waals surface area contributed by atoms with Crippen LogP contribution in [0.1, 0.15) is 29.8 Å². The van der Waals surface area contributed by atoms with Gasteiger partial charge in [0.15, 0.2) is 0 Å². The lowest BCUT2D eigenvalue weighted by atomic mass is 10.1. The molecule has 0 saturated carbocycles. The van der Waals surface area contributed by atoms with Crippen molar-refractivity contribution in [1.82, 2.24) is 5.32 Å². The minimum Gasteiger partial charge on any atom is -0.372 e. The van der Waals surface area contributed by atoms with Gasteiger partial charge in [0.25, 0.3) is 5.91 Å². The zero-order valence-corrected chi connectivity index (χ0v) is 15.9. The normalized spacial score (nSPS) is 19.8. The smallest absolute Gasteiger partial charge is 0.256 e. The molecule has 1 aliphatic heterocycles. The van der Waals surface area contributed by atoms with Gasteiger partial charge in [0.05, 0.1) is 28.5 Å².